The highest BCUT2D eigenvalue weighted by Gasteiger charge is 2.33. The molecule has 1 fully saturated rings. The minimum absolute atomic E-state index is 0.181. The summed E-state index contributed by atoms with van der Waals surface area (Å²) < 4.78 is 20.5. The maximum atomic E-state index is 12.2. The van der Waals surface area contributed by atoms with Gasteiger partial charge in [0.1, 0.15) is 10.3 Å². The van der Waals surface area contributed by atoms with Gasteiger partial charge in [-0.05, 0) is 67.2 Å². The molecule has 0 aromatic rings. The SMILES string of the molecule is C[C@H](N[S@@+]([O-])C(C)(C)C)C1CCN(C(=O)OC(C)(C)C)CC1. The van der Waals surface area contributed by atoms with Gasteiger partial charge in [0, 0.05) is 24.5 Å². The Bertz CT molecular complexity index is 369. The summed E-state index contributed by atoms with van der Waals surface area (Å²) in [6, 6.07) is 0.181. The number of hydrogen-bond donors (Lipinski definition) is 1. The van der Waals surface area contributed by atoms with E-state index in [1.165, 1.54) is 0 Å². The lowest BCUT2D eigenvalue weighted by atomic mass is 9.91. The topological polar surface area (TPSA) is 64.6 Å². The second-order valence-corrected chi connectivity index (χ2v) is 10.1. The number of likely N-dealkylation sites (tertiary alicyclic amines) is 1. The third-order valence-electron chi connectivity index (χ3n) is 3.75. The summed E-state index contributed by atoms with van der Waals surface area (Å²) in [6.07, 6.45) is 1.59. The van der Waals surface area contributed by atoms with E-state index in [0.29, 0.717) is 19.0 Å². The maximum absolute atomic E-state index is 12.2. The van der Waals surface area contributed by atoms with Crippen molar-refractivity contribution in [3.05, 3.63) is 0 Å². The van der Waals surface area contributed by atoms with Crippen LogP contribution in [0.1, 0.15) is 61.3 Å². The molecule has 0 saturated carbocycles. The molecule has 22 heavy (non-hydrogen) atoms. The summed E-state index contributed by atoms with van der Waals surface area (Å²) in [5.74, 6) is 0.435. The highest BCUT2D eigenvalue weighted by molar-refractivity contribution is 7.90. The monoisotopic (exact) mass is 332 g/mol. The second kappa shape index (κ2) is 7.41. The molecule has 1 N–H and O–H groups in total. The number of amides is 1. The van der Waals surface area contributed by atoms with Crippen LogP contribution in [-0.2, 0) is 16.1 Å². The van der Waals surface area contributed by atoms with E-state index in [0.717, 1.165) is 12.8 Å². The Hall–Kier alpha value is -0.460. The molecule has 0 radical (unpaired) electrons. The van der Waals surface area contributed by atoms with Gasteiger partial charge in [-0.2, -0.15) is 0 Å². The first-order chi connectivity index (χ1) is 9.90. The predicted octanol–water partition coefficient (Wildman–Crippen LogP) is 3.07. The van der Waals surface area contributed by atoms with Gasteiger partial charge in [0.2, 0.25) is 0 Å². The van der Waals surface area contributed by atoms with Crippen molar-refractivity contribution in [1.82, 2.24) is 9.62 Å². The molecule has 5 nitrogen and oxygen atoms in total. The zero-order valence-electron chi connectivity index (χ0n) is 15.1. The van der Waals surface area contributed by atoms with Crippen LogP contribution >= 0.6 is 0 Å². The number of nitrogens with zero attached hydrogens (tertiary/aromatic N) is 1. The van der Waals surface area contributed by atoms with E-state index >= 15 is 0 Å². The van der Waals surface area contributed by atoms with E-state index in [2.05, 4.69) is 11.6 Å². The van der Waals surface area contributed by atoms with E-state index < -0.39 is 17.0 Å². The van der Waals surface area contributed by atoms with E-state index in [1.54, 1.807) is 4.90 Å². The van der Waals surface area contributed by atoms with Crippen LogP contribution < -0.4 is 4.72 Å². The first-order valence-electron chi connectivity index (χ1n) is 8.06. The average Bonchev–Trinajstić information content (AvgIpc) is 2.35. The highest BCUT2D eigenvalue weighted by atomic mass is 32.2. The Morgan fingerprint density at radius 2 is 1.73 bits per heavy atom. The molecule has 0 aromatic carbocycles. The molecule has 1 heterocycles. The lowest BCUT2D eigenvalue weighted by molar-refractivity contribution is 0.0174. The Labute approximate surface area is 138 Å². The van der Waals surface area contributed by atoms with Crippen LogP contribution in [0.3, 0.4) is 0 Å². The number of carbonyl (C=O) groups excluding carboxylic acids is 1. The minimum atomic E-state index is -1.06. The number of nitrogens with one attached hydrogen (secondary N) is 1. The van der Waals surface area contributed by atoms with Crippen LogP contribution in [-0.4, -0.2) is 45.0 Å². The molecule has 1 rings (SSSR count). The summed E-state index contributed by atoms with van der Waals surface area (Å²) >= 11 is -1.06. The molecule has 0 aliphatic carbocycles. The van der Waals surface area contributed by atoms with Crippen molar-refractivity contribution in [1.29, 1.82) is 0 Å². The third kappa shape index (κ3) is 6.34. The fourth-order valence-corrected chi connectivity index (χ4v) is 3.23. The van der Waals surface area contributed by atoms with Gasteiger partial charge in [-0.1, -0.05) is 0 Å². The summed E-state index contributed by atoms with van der Waals surface area (Å²) in [4.78, 5) is 13.8. The molecule has 1 saturated heterocycles. The van der Waals surface area contributed by atoms with E-state index in [-0.39, 0.29) is 16.9 Å². The first kappa shape index (κ1) is 19.6. The normalized spacial score (nSPS) is 20.6. The van der Waals surface area contributed by atoms with Gasteiger partial charge in [-0.25, -0.2) is 4.79 Å². The molecule has 0 spiro atoms. The Kier molecular flexibility index (Phi) is 6.59. The van der Waals surface area contributed by atoms with Crippen molar-refractivity contribution >= 4 is 17.5 Å². The lowest BCUT2D eigenvalue weighted by Crippen LogP contribution is -2.49. The van der Waals surface area contributed by atoms with Gasteiger partial charge in [0.15, 0.2) is 0 Å². The van der Waals surface area contributed by atoms with Crippen LogP contribution in [0.15, 0.2) is 0 Å². The van der Waals surface area contributed by atoms with Crippen molar-refractivity contribution in [2.24, 2.45) is 5.92 Å². The highest BCUT2D eigenvalue weighted by Crippen LogP contribution is 2.24. The maximum Gasteiger partial charge on any atom is 0.410 e. The van der Waals surface area contributed by atoms with Crippen molar-refractivity contribution in [2.75, 3.05) is 13.1 Å². The molecule has 1 amide bonds. The van der Waals surface area contributed by atoms with Crippen LogP contribution in [0.4, 0.5) is 4.79 Å². The number of carbonyl (C=O) groups is 1. The number of ether oxygens (including phenoxy) is 1. The van der Waals surface area contributed by atoms with Crippen LogP contribution in [0.5, 0.6) is 0 Å². The Balaban J connectivity index is 2.43. The average molecular weight is 333 g/mol. The van der Waals surface area contributed by atoms with Gasteiger partial charge in [0.05, 0.1) is 6.04 Å². The van der Waals surface area contributed by atoms with Crippen molar-refractivity contribution in [2.45, 2.75) is 77.7 Å². The number of rotatable bonds is 3. The summed E-state index contributed by atoms with van der Waals surface area (Å²) in [5, 5.41) is 0. The van der Waals surface area contributed by atoms with E-state index in [4.69, 9.17) is 4.74 Å². The van der Waals surface area contributed by atoms with Crippen LogP contribution in [0.2, 0.25) is 0 Å². The smallest absolute Gasteiger partial charge is 0.410 e. The molecule has 130 valence electrons. The Morgan fingerprint density at radius 3 is 2.14 bits per heavy atom. The van der Waals surface area contributed by atoms with Crippen molar-refractivity contribution in [3.8, 4) is 0 Å². The number of piperidine rings is 1. The Morgan fingerprint density at radius 1 is 1.23 bits per heavy atom. The van der Waals surface area contributed by atoms with Gasteiger partial charge in [0.25, 0.3) is 0 Å². The lowest BCUT2D eigenvalue weighted by Gasteiger charge is -2.36. The standard InChI is InChI=1S/C16H32N2O3S/c1-12(17-22(20)16(5,6)7)13-8-10-18(11-9-13)14(19)21-15(2,3)4/h12-13,17H,8-11H2,1-7H3/t12-,22-/m0/s1. The van der Waals surface area contributed by atoms with Crippen LogP contribution in [0.25, 0.3) is 0 Å². The molecule has 0 bridgehead atoms. The van der Waals surface area contributed by atoms with Crippen LogP contribution in [0, 0.1) is 5.92 Å². The van der Waals surface area contributed by atoms with Gasteiger partial charge >= 0.3 is 6.09 Å². The van der Waals surface area contributed by atoms with Gasteiger partial charge < -0.3 is 14.2 Å². The quantitative estimate of drug-likeness (QED) is 0.807. The summed E-state index contributed by atoms with van der Waals surface area (Å²) in [5.41, 5.74) is -0.452. The van der Waals surface area contributed by atoms with Gasteiger partial charge in [-0.15, -0.1) is 4.72 Å². The van der Waals surface area contributed by atoms with Crippen molar-refractivity contribution < 1.29 is 14.1 Å². The van der Waals surface area contributed by atoms with E-state index in [1.807, 2.05) is 41.5 Å². The molecule has 2 atom stereocenters. The third-order valence-corrected chi connectivity index (χ3v) is 5.45. The predicted molar refractivity (Wildman–Crippen MR) is 91.0 cm³/mol. The summed E-state index contributed by atoms with van der Waals surface area (Å²) in [7, 11) is 0. The molecule has 1 aliphatic heterocycles. The second-order valence-electron chi connectivity index (χ2n) is 8.09. The zero-order valence-corrected chi connectivity index (χ0v) is 15.9. The molecule has 1 aliphatic rings. The number of hydrogen-bond acceptors (Lipinski definition) is 4. The molecule has 0 unspecified atom stereocenters. The largest absolute Gasteiger partial charge is 0.598 e. The summed E-state index contributed by atoms with van der Waals surface area (Å²) in [6.45, 7) is 15.0. The van der Waals surface area contributed by atoms with E-state index in [9.17, 15) is 9.35 Å². The minimum Gasteiger partial charge on any atom is -0.598 e. The molecular weight excluding hydrogens is 300 g/mol. The zero-order chi connectivity index (χ0) is 17.1. The van der Waals surface area contributed by atoms with Crippen molar-refractivity contribution in [3.63, 3.8) is 0 Å². The fraction of sp³-hybridized carbons (Fsp3) is 0.938. The molecule has 6 heteroatoms. The first-order valence-corrected chi connectivity index (χ1v) is 9.21. The fourth-order valence-electron chi connectivity index (χ4n) is 2.35. The van der Waals surface area contributed by atoms with Gasteiger partial charge in [-0.3, -0.25) is 0 Å². The molecule has 0 aromatic heterocycles. The molecular formula is C16H32N2O3S.